The van der Waals surface area contributed by atoms with E-state index in [9.17, 15) is 14.0 Å². The topological polar surface area (TPSA) is 84.4 Å². The van der Waals surface area contributed by atoms with Crippen molar-refractivity contribution in [2.45, 2.75) is 70.0 Å². The van der Waals surface area contributed by atoms with Gasteiger partial charge in [0.15, 0.2) is 6.17 Å². The first-order chi connectivity index (χ1) is 18.2. The fourth-order valence-corrected chi connectivity index (χ4v) is 5.39. The molecule has 3 fully saturated rings. The molecule has 4 atom stereocenters. The van der Waals surface area contributed by atoms with Crippen LogP contribution in [0.3, 0.4) is 0 Å². The molecule has 5 rings (SSSR count). The summed E-state index contributed by atoms with van der Waals surface area (Å²) in [6, 6.07) is 13.1. The summed E-state index contributed by atoms with van der Waals surface area (Å²) in [5.41, 5.74) is 0.856. The van der Waals surface area contributed by atoms with Crippen LogP contribution in [0.4, 0.5) is 14.9 Å². The SMILES string of the molecule is CC(C)(C)OC(=O)N1CCC(Oc2cc(N3C4CCC3CN(OC(=O)c3ccccc3)C4)ccn2)C(F)C1. The van der Waals surface area contributed by atoms with E-state index in [1.54, 1.807) is 44.2 Å². The fraction of sp³-hybridized carbons (Fsp3) is 0.536. The Balaban J connectivity index is 1.18. The number of carbonyl (C=O) groups excluding carboxylic acids is 2. The van der Waals surface area contributed by atoms with Crippen molar-refractivity contribution < 1.29 is 28.3 Å². The third-order valence-electron chi connectivity index (χ3n) is 7.09. The van der Waals surface area contributed by atoms with E-state index in [4.69, 9.17) is 14.3 Å². The maximum atomic E-state index is 15.0. The van der Waals surface area contributed by atoms with Gasteiger partial charge >= 0.3 is 12.1 Å². The van der Waals surface area contributed by atoms with Crippen LogP contribution in [0.2, 0.25) is 0 Å². The lowest BCUT2D eigenvalue weighted by Gasteiger charge is -2.41. The lowest BCUT2D eigenvalue weighted by Crippen LogP contribution is -2.54. The van der Waals surface area contributed by atoms with Crippen LogP contribution in [0.25, 0.3) is 0 Å². The quantitative estimate of drug-likeness (QED) is 0.572. The molecule has 2 aromatic rings. The number of piperazine rings is 1. The first kappa shape index (κ1) is 26.2. The molecule has 1 amide bonds. The number of hydrogen-bond donors (Lipinski definition) is 0. The Morgan fingerprint density at radius 2 is 1.71 bits per heavy atom. The van der Waals surface area contributed by atoms with Crippen molar-refractivity contribution in [1.82, 2.24) is 14.9 Å². The van der Waals surface area contributed by atoms with Gasteiger partial charge in [-0.3, -0.25) is 0 Å². The number of aromatic nitrogens is 1. The molecule has 3 aliphatic heterocycles. The van der Waals surface area contributed by atoms with Crippen molar-refractivity contribution in [1.29, 1.82) is 0 Å². The third kappa shape index (κ3) is 6.01. The number of likely N-dealkylation sites (tertiary alicyclic amines) is 1. The summed E-state index contributed by atoms with van der Waals surface area (Å²) in [6.45, 7) is 6.84. The Hall–Kier alpha value is -3.40. The van der Waals surface area contributed by atoms with E-state index in [0.717, 1.165) is 18.5 Å². The highest BCUT2D eigenvalue weighted by atomic mass is 19.1. The van der Waals surface area contributed by atoms with Gasteiger partial charge in [0.25, 0.3) is 0 Å². The Kier molecular flexibility index (Phi) is 7.43. The second-order valence-electron chi connectivity index (χ2n) is 11.1. The number of anilines is 1. The average molecular weight is 527 g/mol. The van der Waals surface area contributed by atoms with Crippen LogP contribution in [0.5, 0.6) is 5.88 Å². The van der Waals surface area contributed by atoms with Gasteiger partial charge in [-0.25, -0.2) is 19.0 Å². The van der Waals surface area contributed by atoms with Crippen LogP contribution in [-0.4, -0.2) is 83.1 Å². The number of amides is 1. The van der Waals surface area contributed by atoms with Crippen molar-refractivity contribution in [3.8, 4) is 5.88 Å². The number of nitrogens with zero attached hydrogens (tertiary/aromatic N) is 4. The molecule has 0 spiro atoms. The maximum absolute atomic E-state index is 15.0. The Morgan fingerprint density at radius 1 is 1.00 bits per heavy atom. The van der Waals surface area contributed by atoms with Crippen LogP contribution < -0.4 is 9.64 Å². The van der Waals surface area contributed by atoms with Gasteiger partial charge in [0.05, 0.1) is 25.2 Å². The first-order valence-electron chi connectivity index (χ1n) is 13.2. The molecule has 38 heavy (non-hydrogen) atoms. The Labute approximate surface area is 222 Å². The summed E-state index contributed by atoms with van der Waals surface area (Å²) >= 11 is 0. The van der Waals surface area contributed by atoms with Crippen LogP contribution >= 0.6 is 0 Å². The molecule has 1 aromatic carbocycles. The summed E-state index contributed by atoms with van der Waals surface area (Å²) in [5, 5.41) is 1.76. The molecule has 0 N–H and O–H groups in total. The standard InChI is InChI=1S/C28H35FN4O5/c1-28(2,3)37-27(35)31-14-12-24(23(29)18-31)36-25-15-20(11-13-30-25)33-21-9-10-22(33)17-32(16-21)38-26(34)19-7-5-4-6-8-19/h4-8,11,13,15,21-24H,9-10,12,14,16-18H2,1-3H3. The van der Waals surface area contributed by atoms with Gasteiger partial charge in [0, 0.05) is 43.0 Å². The number of pyridine rings is 1. The number of benzene rings is 1. The van der Waals surface area contributed by atoms with Gasteiger partial charge in [-0.05, 0) is 51.8 Å². The Morgan fingerprint density at radius 3 is 2.37 bits per heavy atom. The second kappa shape index (κ2) is 10.8. The summed E-state index contributed by atoms with van der Waals surface area (Å²) < 4.78 is 26.3. The van der Waals surface area contributed by atoms with E-state index >= 15 is 0 Å². The largest absolute Gasteiger partial charge is 0.471 e. The predicted molar refractivity (Wildman–Crippen MR) is 139 cm³/mol. The predicted octanol–water partition coefficient (Wildman–Crippen LogP) is 4.23. The second-order valence-corrected chi connectivity index (χ2v) is 11.1. The van der Waals surface area contributed by atoms with Crippen molar-refractivity contribution in [2.75, 3.05) is 31.1 Å². The van der Waals surface area contributed by atoms with E-state index in [0.29, 0.717) is 37.5 Å². The fourth-order valence-electron chi connectivity index (χ4n) is 5.39. The third-order valence-corrected chi connectivity index (χ3v) is 7.09. The molecular formula is C28H35FN4O5. The molecule has 4 unspecified atom stereocenters. The van der Waals surface area contributed by atoms with Gasteiger partial charge in [-0.1, -0.05) is 18.2 Å². The molecule has 9 nitrogen and oxygen atoms in total. The van der Waals surface area contributed by atoms with Crippen LogP contribution in [0, 0.1) is 0 Å². The summed E-state index contributed by atoms with van der Waals surface area (Å²) in [7, 11) is 0. The van der Waals surface area contributed by atoms with Crippen molar-refractivity contribution in [3.63, 3.8) is 0 Å². The molecule has 10 heteroatoms. The zero-order valence-corrected chi connectivity index (χ0v) is 22.1. The summed E-state index contributed by atoms with van der Waals surface area (Å²) in [6.07, 6.45) is 1.44. The molecule has 1 aromatic heterocycles. The smallest absolute Gasteiger partial charge is 0.410 e. The zero-order chi connectivity index (χ0) is 26.9. The molecule has 204 valence electrons. The highest BCUT2D eigenvalue weighted by Gasteiger charge is 2.42. The molecule has 3 aliphatic rings. The van der Waals surface area contributed by atoms with Crippen LogP contribution in [0.1, 0.15) is 50.4 Å². The number of ether oxygens (including phenoxy) is 2. The number of halogens is 1. The molecule has 3 saturated heterocycles. The number of hydrogen-bond acceptors (Lipinski definition) is 8. The highest BCUT2D eigenvalue weighted by Crippen LogP contribution is 2.36. The zero-order valence-electron chi connectivity index (χ0n) is 22.1. The monoisotopic (exact) mass is 526 g/mol. The minimum atomic E-state index is -1.35. The van der Waals surface area contributed by atoms with Crippen LogP contribution in [-0.2, 0) is 9.57 Å². The van der Waals surface area contributed by atoms with Gasteiger partial charge in [-0.15, -0.1) is 5.06 Å². The average Bonchev–Trinajstić information content (AvgIpc) is 3.15. The van der Waals surface area contributed by atoms with Gasteiger partial charge < -0.3 is 24.1 Å². The van der Waals surface area contributed by atoms with E-state index < -0.39 is 24.0 Å². The molecular weight excluding hydrogens is 491 g/mol. The molecule has 0 saturated carbocycles. The first-order valence-corrected chi connectivity index (χ1v) is 13.2. The number of carbonyl (C=O) groups is 2. The van der Waals surface area contributed by atoms with E-state index in [-0.39, 0.29) is 24.6 Å². The number of alkyl halides is 1. The van der Waals surface area contributed by atoms with Gasteiger partial charge in [0.1, 0.15) is 11.7 Å². The number of fused-ring (bicyclic) bond motifs is 2. The number of rotatable bonds is 5. The molecule has 2 bridgehead atoms. The van der Waals surface area contributed by atoms with E-state index in [1.165, 1.54) is 4.90 Å². The lowest BCUT2D eigenvalue weighted by atomic mass is 10.1. The van der Waals surface area contributed by atoms with Crippen molar-refractivity contribution in [2.24, 2.45) is 0 Å². The highest BCUT2D eigenvalue weighted by molar-refractivity contribution is 5.89. The molecule has 0 aliphatic carbocycles. The minimum Gasteiger partial charge on any atom is -0.471 e. The molecule has 0 radical (unpaired) electrons. The minimum absolute atomic E-state index is 0.0763. The number of piperidine rings is 1. The van der Waals surface area contributed by atoms with Crippen molar-refractivity contribution in [3.05, 3.63) is 54.2 Å². The Bertz CT molecular complexity index is 1130. The van der Waals surface area contributed by atoms with Crippen molar-refractivity contribution >= 4 is 17.7 Å². The van der Waals surface area contributed by atoms with Gasteiger partial charge in [0.2, 0.25) is 5.88 Å². The summed E-state index contributed by atoms with van der Waals surface area (Å²) in [5.74, 6) is 0.00902. The maximum Gasteiger partial charge on any atom is 0.410 e. The van der Waals surface area contributed by atoms with Crippen LogP contribution in [0.15, 0.2) is 48.7 Å². The van der Waals surface area contributed by atoms with E-state index in [2.05, 4.69) is 9.88 Å². The number of hydroxylamine groups is 2. The van der Waals surface area contributed by atoms with E-state index in [1.807, 2.05) is 30.3 Å². The lowest BCUT2D eigenvalue weighted by molar-refractivity contribution is -0.120. The summed E-state index contributed by atoms with van der Waals surface area (Å²) in [4.78, 5) is 38.6. The normalized spacial score (nSPS) is 25.7. The van der Waals surface area contributed by atoms with Gasteiger partial charge in [-0.2, -0.15) is 0 Å². The molecule has 4 heterocycles.